The summed E-state index contributed by atoms with van der Waals surface area (Å²) in [5.74, 6) is -0.591. The molecule has 4 unspecified atom stereocenters. The Kier molecular flexibility index (Phi) is 54.7. The second kappa shape index (κ2) is 55.7. The first-order chi connectivity index (χ1) is 33.0. The molecule has 6 heteroatoms. The third kappa shape index (κ3) is 49.6. The van der Waals surface area contributed by atoms with Crippen molar-refractivity contribution in [1.82, 2.24) is 5.32 Å². The SMILES string of the molecule is CCCCCCCCCCCCCCCC/C=C/CC/C=C/CCCC(O)C(O)C(CO)NC(=O)C(O)CCCCCCCCCCCCCCCCCCCCCCCCCCCCCC. The van der Waals surface area contributed by atoms with Crippen molar-refractivity contribution < 1.29 is 25.2 Å². The molecule has 0 aliphatic heterocycles. The van der Waals surface area contributed by atoms with Gasteiger partial charge in [-0.3, -0.25) is 4.79 Å². The number of carbonyl (C=O) groups is 1. The molecule has 0 rings (SSSR count). The highest BCUT2D eigenvalue weighted by Gasteiger charge is 2.28. The van der Waals surface area contributed by atoms with Crippen LogP contribution in [0.4, 0.5) is 0 Å². The summed E-state index contributed by atoms with van der Waals surface area (Å²) in [7, 11) is 0. The maximum Gasteiger partial charge on any atom is 0.249 e. The van der Waals surface area contributed by atoms with E-state index in [0.717, 1.165) is 38.5 Å². The van der Waals surface area contributed by atoms with Crippen LogP contribution in [0.5, 0.6) is 0 Å². The molecule has 4 atom stereocenters. The first-order valence-corrected chi connectivity index (χ1v) is 30.2. The van der Waals surface area contributed by atoms with E-state index < -0.39 is 36.9 Å². The summed E-state index contributed by atoms with van der Waals surface area (Å²) in [4.78, 5) is 12.6. The van der Waals surface area contributed by atoms with Crippen LogP contribution in [-0.2, 0) is 4.79 Å². The van der Waals surface area contributed by atoms with Crippen LogP contribution in [0.15, 0.2) is 24.3 Å². The predicted octanol–water partition coefficient (Wildman–Crippen LogP) is 17.8. The Morgan fingerprint density at radius 3 is 0.940 bits per heavy atom. The number of hydrogen-bond acceptors (Lipinski definition) is 5. The molecule has 0 aromatic heterocycles. The van der Waals surface area contributed by atoms with Gasteiger partial charge in [-0.05, 0) is 51.4 Å². The monoisotopic (exact) mass is 946 g/mol. The predicted molar refractivity (Wildman–Crippen MR) is 293 cm³/mol. The summed E-state index contributed by atoms with van der Waals surface area (Å²) in [6.45, 7) is 4.08. The Balaban J connectivity index is 3.62. The highest BCUT2D eigenvalue weighted by Crippen LogP contribution is 2.18. The van der Waals surface area contributed by atoms with Crippen LogP contribution in [0.1, 0.15) is 328 Å². The lowest BCUT2D eigenvalue weighted by atomic mass is 10.00. The number of rotatable bonds is 56. The first kappa shape index (κ1) is 65.8. The largest absolute Gasteiger partial charge is 0.394 e. The van der Waals surface area contributed by atoms with Gasteiger partial charge in [0.15, 0.2) is 0 Å². The van der Waals surface area contributed by atoms with Gasteiger partial charge in [0.1, 0.15) is 12.2 Å². The fourth-order valence-corrected chi connectivity index (χ4v) is 9.66. The Morgan fingerprint density at radius 1 is 0.358 bits per heavy atom. The Labute approximate surface area is 418 Å². The number of unbranched alkanes of at least 4 members (excludes halogenated alkanes) is 43. The fourth-order valence-electron chi connectivity index (χ4n) is 9.66. The molecule has 0 aliphatic rings. The summed E-state index contributed by atoms with van der Waals surface area (Å²) in [5.41, 5.74) is 0. The molecular formula is C61H119NO5. The lowest BCUT2D eigenvalue weighted by Gasteiger charge is -2.27. The van der Waals surface area contributed by atoms with E-state index in [-0.39, 0.29) is 0 Å². The van der Waals surface area contributed by atoms with Crippen LogP contribution in [0, 0.1) is 0 Å². The summed E-state index contributed by atoms with van der Waals surface area (Å²) in [5, 5.41) is 44.0. The van der Waals surface area contributed by atoms with Crippen LogP contribution >= 0.6 is 0 Å². The second-order valence-electron chi connectivity index (χ2n) is 21.0. The molecule has 0 radical (unpaired) electrons. The highest BCUT2D eigenvalue weighted by molar-refractivity contribution is 5.80. The van der Waals surface area contributed by atoms with Crippen LogP contribution in [0.2, 0.25) is 0 Å². The standard InChI is InChI=1S/C61H119NO5/c1-3-5-7-9-11-13-15-17-19-21-23-25-27-28-29-30-31-33-35-37-39-41-43-45-47-49-51-53-55-59(65)61(67)62-57(56-63)60(66)58(64)54-52-50-48-46-44-42-40-38-36-34-32-26-24-22-20-18-16-14-12-10-8-6-4-2/h38,40,46,48,57-60,63-66H,3-37,39,41-45,47,49-56H2,1-2H3,(H,62,67)/b40-38+,48-46+. The molecule has 0 bridgehead atoms. The number of hydrogen-bond donors (Lipinski definition) is 5. The van der Waals surface area contributed by atoms with Gasteiger partial charge < -0.3 is 25.7 Å². The van der Waals surface area contributed by atoms with E-state index in [1.807, 2.05) is 0 Å². The number of aliphatic hydroxyl groups excluding tert-OH is 4. The van der Waals surface area contributed by atoms with Crippen molar-refractivity contribution in [2.24, 2.45) is 0 Å². The minimum absolute atomic E-state index is 0.365. The van der Waals surface area contributed by atoms with Gasteiger partial charge in [-0.15, -0.1) is 0 Å². The molecule has 0 spiro atoms. The summed E-state index contributed by atoms with van der Waals surface area (Å²) < 4.78 is 0. The highest BCUT2D eigenvalue weighted by atomic mass is 16.3. The van der Waals surface area contributed by atoms with E-state index in [9.17, 15) is 25.2 Å². The van der Waals surface area contributed by atoms with E-state index in [0.29, 0.717) is 19.3 Å². The molecule has 0 saturated heterocycles. The average molecular weight is 947 g/mol. The molecule has 0 aliphatic carbocycles. The fraction of sp³-hybridized carbons (Fsp3) is 0.918. The summed E-state index contributed by atoms with van der Waals surface area (Å²) >= 11 is 0. The molecule has 0 heterocycles. The molecule has 1 amide bonds. The maximum atomic E-state index is 12.6. The lowest BCUT2D eigenvalue weighted by Crippen LogP contribution is -2.53. The number of carbonyl (C=O) groups excluding carboxylic acids is 1. The molecule has 67 heavy (non-hydrogen) atoms. The minimum atomic E-state index is -1.29. The third-order valence-electron chi connectivity index (χ3n) is 14.4. The van der Waals surface area contributed by atoms with E-state index in [1.54, 1.807) is 0 Å². The van der Waals surface area contributed by atoms with Crippen molar-refractivity contribution in [2.45, 2.75) is 353 Å². The zero-order valence-corrected chi connectivity index (χ0v) is 45.2. The van der Waals surface area contributed by atoms with Gasteiger partial charge in [0, 0.05) is 0 Å². The molecule has 0 fully saturated rings. The number of amides is 1. The molecule has 6 nitrogen and oxygen atoms in total. The van der Waals surface area contributed by atoms with Crippen molar-refractivity contribution in [3.8, 4) is 0 Å². The van der Waals surface area contributed by atoms with Crippen molar-refractivity contribution in [2.75, 3.05) is 6.61 Å². The molecule has 0 saturated carbocycles. The van der Waals surface area contributed by atoms with Gasteiger partial charge >= 0.3 is 0 Å². The van der Waals surface area contributed by atoms with E-state index in [1.165, 1.54) is 257 Å². The van der Waals surface area contributed by atoms with Crippen molar-refractivity contribution in [3.05, 3.63) is 24.3 Å². The topological polar surface area (TPSA) is 110 Å². The summed E-state index contributed by atoms with van der Waals surface area (Å²) in [6, 6.07) is -1.01. The van der Waals surface area contributed by atoms with E-state index in [2.05, 4.69) is 43.5 Å². The van der Waals surface area contributed by atoms with Crippen molar-refractivity contribution >= 4 is 5.91 Å². The quantitative estimate of drug-likeness (QED) is 0.0308. The van der Waals surface area contributed by atoms with Gasteiger partial charge in [-0.25, -0.2) is 0 Å². The molecule has 0 aromatic rings. The van der Waals surface area contributed by atoms with Gasteiger partial charge in [0.05, 0.1) is 18.8 Å². The Hall–Kier alpha value is -1.21. The number of aliphatic hydroxyl groups is 4. The van der Waals surface area contributed by atoms with Gasteiger partial charge in [-0.1, -0.05) is 301 Å². The van der Waals surface area contributed by atoms with Crippen molar-refractivity contribution in [1.29, 1.82) is 0 Å². The summed E-state index contributed by atoms with van der Waals surface area (Å²) in [6.07, 6.45) is 68.4. The normalized spacial score (nSPS) is 13.8. The molecular weight excluding hydrogens is 827 g/mol. The molecule has 0 aromatic carbocycles. The molecule has 5 N–H and O–H groups in total. The zero-order chi connectivity index (χ0) is 48.8. The zero-order valence-electron chi connectivity index (χ0n) is 45.2. The number of allylic oxidation sites excluding steroid dienone is 4. The van der Waals surface area contributed by atoms with E-state index >= 15 is 0 Å². The maximum absolute atomic E-state index is 12.6. The minimum Gasteiger partial charge on any atom is -0.394 e. The van der Waals surface area contributed by atoms with Crippen LogP contribution in [0.3, 0.4) is 0 Å². The average Bonchev–Trinajstić information content (AvgIpc) is 3.33. The Morgan fingerprint density at radius 2 is 0.627 bits per heavy atom. The van der Waals surface area contributed by atoms with E-state index in [4.69, 9.17) is 0 Å². The first-order valence-electron chi connectivity index (χ1n) is 30.2. The van der Waals surface area contributed by atoms with Crippen molar-refractivity contribution in [3.63, 3.8) is 0 Å². The Bertz CT molecular complexity index is 1020. The van der Waals surface area contributed by atoms with Crippen LogP contribution < -0.4 is 5.32 Å². The van der Waals surface area contributed by atoms with Gasteiger partial charge in [0.2, 0.25) is 5.91 Å². The second-order valence-corrected chi connectivity index (χ2v) is 21.0. The third-order valence-corrected chi connectivity index (χ3v) is 14.4. The molecule has 398 valence electrons. The van der Waals surface area contributed by atoms with Gasteiger partial charge in [0.25, 0.3) is 0 Å². The lowest BCUT2D eigenvalue weighted by molar-refractivity contribution is -0.132. The van der Waals surface area contributed by atoms with Crippen LogP contribution in [-0.4, -0.2) is 57.3 Å². The van der Waals surface area contributed by atoms with Crippen LogP contribution in [0.25, 0.3) is 0 Å². The smallest absolute Gasteiger partial charge is 0.249 e. The van der Waals surface area contributed by atoms with Gasteiger partial charge in [-0.2, -0.15) is 0 Å². The number of nitrogens with one attached hydrogen (secondary N) is 1.